The summed E-state index contributed by atoms with van der Waals surface area (Å²) in [6.45, 7) is 1.76. The van der Waals surface area contributed by atoms with Crippen LogP contribution < -0.4 is 10.6 Å². The SMILES string of the molecule is COC(=O)c1nc(Cl)c(N2CCCC2)nc1N. The number of hydrogen-bond acceptors (Lipinski definition) is 6. The highest BCUT2D eigenvalue weighted by atomic mass is 35.5. The third-order valence-electron chi connectivity index (χ3n) is 2.65. The average Bonchev–Trinajstić information content (AvgIpc) is 2.84. The number of carbonyl (C=O) groups is 1. The van der Waals surface area contributed by atoms with Gasteiger partial charge in [-0.25, -0.2) is 14.8 Å². The van der Waals surface area contributed by atoms with E-state index in [0.717, 1.165) is 25.9 Å². The maximum Gasteiger partial charge on any atom is 0.360 e. The van der Waals surface area contributed by atoms with Gasteiger partial charge >= 0.3 is 5.97 Å². The second kappa shape index (κ2) is 4.75. The van der Waals surface area contributed by atoms with Crippen molar-refractivity contribution in [3.63, 3.8) is 0 Å². The number of methoxy groups -OCH3 is 1. The molecule has 1 aromatic heterocycles. The van der Waals surface area contributed by atoms with Crippen LogP contribution in [0.4, 0.5) is 11.6 Å². The Morgan fingerprint density at radius 2 is 2.06 bits per heavy atom. The van der Waals surface area contributed by atoms with E-state index in [-0.39, 0.29) is 16.7 Å². The molecule has 2 heterocycles. The summed E-state index contributed by atoms with van der Waals surface area (Å²) in [6.07, 6.45) is 2.19. The molecule has 1 aromatic rings. The zero-order valence-corrected chi connectivity index (χ0v) is 10.2. The van der Waals surface area contributed by atoms with Gasteiger partial charge in [0.2, 0.25) is 0 Å². The number of rotatable bonds is 2. The Kier molecular flexibility index (Phi) is 3.33. The number of ether oxygens (including phenoxy) is 1. The molecule has 2 N–H and O–H groups in total. The van der Waals surface area contributed by atoms with Gasteiger partial charge in [-0.3, -0.25) is 0 Å². The minimum atomic E-state index is -0.634. The summed E-state index contributed by atoms with van der Waals surface area (Å²) < 4.78 is 4.54. The third-order valence-corrected chi connectivity index (χ3v) is 2.90. The van der Waals surface area contributed by atoms with Crippen molar-refractivity contribution >= 4 is 29.2 Å². The first-order chi connectivity index (χ1) is 8.13. The number of hydrogen-bond donors (Lipinski definition) is 1. The highest BCUT2D eigenvalue weighted by Gasteiger charge is 2.22. The van der Waals surface area contributed by atoms with Gasteiger partial charge in [-0.1, -0.05) is 11.6 Å². The van der Waals surface area contributed by atoms with Crippen molar-refractivity contribution in [2.75, 3.05) is 30.8 Å². The number of halogens is 1. The second-order valence-electron chi connectivity index (χ2n) is 3.76. The number of anilines is 2. The first kappa shape index (κ1) is 11.9. The van der Waals surface area contributed by atoms with Crippen molar-refractivity contribution in [2.24, 2.45) is 0 Å². The highest BCUT2D eigenvalue weighted by Crippen LogP contribution is 2.27. The molecule has 0 amide bonds. The largest absolute Gasteiger partial charge is 0.464 e. The summed E-state index contributed by atoms with van der Waals surface area (Å²) in [6, 6.07) is 0. The molecule has 0 radical (unpaired) electrons. The fourth-order valence-electron chi connectivity index (χ4n) is 1.80. The van der Waals surface area contributed by atoms with Crippen LogP contribution >= 0.6 is 11.6 Å². The summed E-state index contributed by atoms with van der Waals surface area (Å²) >= 11 is 6.00. The zero-order valence-electron chi connectivity index (χ0n) is 9.44. The summed E-state index contributed by atoms with van der Waals surface area (Å²) in [4.78, 5) is 21.4. The summed E-state index contributed by atoms with van der Waals surface area (Å²) in [7, 11) is 1.26. The van der Waals surface area contributed by atoms with Gasteiger partial charge in [0.15, 0.2) is 22.5 Å². The molecule has 0 atom stereocenters. The quantitative estimate of drug-likeness (QED) is 0.798. The van der Waals surface area contributed by atoms with Gasteiger partial charge in [0.25, 0.3) is 0 Å². The van der Waals surface area contributed by atoms with Gasteiger partial charge in [-0.15, -0.1) is 0 Å². The van der Waals surface area contributed by atoms with E-state index >= 15 is 0 Å². The molecule has 2 rings (SSSR count). The third kappa shape index (κ3) is 2.26. The van der Waals surface area contributed by atoms with Crippen molar-refractivity contribution in [1.82, 2.24) is 9.97 Å². The van der Waals surface area contributed by atoms with E-state index in [4.69, 9.17) is 17.3 Å². The maximum atomic E-state index is 11.3. The van der Waals surface area contributed by atoms with E-state index in [0.29, 0.717) is 5.82 Å². The summed E-state index contributed by atoms with van der Waals surface area (Å²) in [5.41, 5.74) is 5.63. The molecule has 7 heteroatoms. The summed E-state index contributed by atoms with van der Waals surface area (Å²) in [5.74, 6) is -0.0534. The minimum absolute atomic E-state index is 0.0413. The lowest BCUT2D eigenvalue weighted by atomic mass is 10.4. The van der Waals surface area contributed by atoms with Gasteiger partial charge in [0, 0.05) is 13.1 Å². The average molecular weight is 257 g/mol. The smallest absolute Gasteiger partial charge is 0.360 e. The standard InChI is InChI=1S/C10H13ClN4O2/c1-17-10(16)6-8(12)14-9(7(11)13-6)15-4-2-3-5-15/h2-5H2,1H3,(H2,12,14). The predicted octanol–water partition coefficient (Wildman–Crippen LogP) is 1.10. The lowest BCUT2D eigenvalue weighted by molar-refractivity contribution is 0.0595. The van der Waals surface area contributed by atoms with Crippen LogP contribution in [0.15, 0.2) is 0 Å². The lowest BCUT2D eigenvalue weighted by Crippen LogP contribution is -2.22. The van der Waals surface area contributed by atoms with E-state index in [2.05, 4.69) is 14.7 Å². The topological polar surface area (TPSA) is 81.3 Å². The number of carbonyl (C=O) groups excluding carboxylic acids is 1. The van der Waals surface area contributed by atoms with Crippen LogP contribution in [0.1, 0.15) is 23.3 Å². The molecular weight excluding hydrogens is 244 g/mol. The van der Waals surface area contributed by atoms with Crippen molar-refractivity contribution in [3.8, 4) is 0 Å². The van der Waals surface area contributed by atoms with Crippen LogP contribution in [0.3, 0.4) is 0 Å². The Morgan fingerprint density at radius 1 is 1.41 bits per heavy atom. The number of esters is 1. The molecule has 0 aliphatic carbocycles. The van der Waals surface area contributed by atoms with Crippen LogP contribution in [-0.4, -0.2) is 36.1 Å². The van der Waals surface area contributed by atoms with E-state index in [1.54, 1.807) is 0 Å². The maximum absolute atomic E-state index is 11.3. The van der Waals surface area contributed by atoms with Crippen molar-refractivity contribution in [2.45, 2.75) is 12.8 Å². The second-order valence-corrected chi connectivity index (χ2v) is 4.12. The number of nitrogens with zero attached hydrogens (tertiary/aromatic N) is 3. The van der Waals surface area contributed by atoms with Crippen LogP contribution in [-0.2, 0) is 4.74 Å². The van der Waals surface area contributed by atoms with E-state index in [1.807, 2.05) is 4.90 Å². The molecular formula is C10H13ClN4O2. The molecule has 1 fully saturated rings. The zero-order chi connectivity index (χ0) is 12.4. The lowest BCUT2D eigenvalue weighted by Gasteiger charge is -2.18. The van der Waals surface area contributed by atoms with Crippen LogP contribution in [0.25, 0.3) is 0 Å². The van der Waals surface area contributed by atoms with E-state index in [1.165, 1.54) is 7.11 Å². The number of nitrogens with two attached hydrogens (primary N) is 1. The van der Waals surface area contributed by atoms with Crippen LogP contribution in [0, 0.1) is 0 Å². The normalized spacial score (nSPS) is 15.1. The number of aromatic nitrogens is 2. The van der Waals surface area contributed by atoms with Gasteiger partial charge in [-0.05, 0) is 12.8 Å². The highest BCUT2D eigenvalue weighted by molar-refractivity contribution is 6.32. The number of nitrogen functional groups attached to an aromatic ring is 1. The fourth-order valence-corrected chi connectivity index (χ4v) is 2.04. The Balaban J connectivity index is 2.37. The Bertz CT molecular complexity index is 446. The Labute approximate surface area is 104 Å². The molecule has 1 aliphatic heterocycles. The van der Waals surface area contributed by atoms with Crippen molar-refractivity contribution in [3.05, 3.63) is 10.8 Å². The fraction of sp³-hybridized carbons (Fsp3) is 0.500. The van der Waals surface area contributed by atoms with Crippen molar-refractivity contribution in [1.29, 1.82) is 0 Å². The minimum Gasteiger partial charge on any atom is -0.464 e. The van der Waals surface area contributed by atoms with Crippen LogP contribution in [0.5, 0.6) is 0 Å². The predicted molar refractivity (Wildman–Crippen MR) is 64.2 cm³/mol. The first-order valence-electron chi connectivity index (χ1n) is 5.29. The first-order valence-corrected chi connectivity index (χ1v) is 5.67. The molecule has 0 aromatic carbocycles. The molecule has 92 valence electrons. The molecule has 1 aliphatic rings. The van der Waals surface area contributed by atoms with Crippen LogP contribution in [0.2, 0.25) is 5.15 Å². The van der Waals surface area contributed by atoms with Gasteiger partial charge in [0.05, 0.1) is 7.11 Å². The molecule has 0 saturated carbocycles. The molecule has 17 heavy (non-hydrogen) atoms. The van der Waals surface area contributed by atoms with E-state index in [9.17, 15) is 4.79 Å². The van der Waals surface area contributed by atoms with Crippen molar-refractivity contribution < 1.29 is 9.53 Å². The molecule has 0 bridgehead atoms. The van der Waals surface area contributed by atoms with Gasteiger partial charge in [-0.2, -0.15) is 0 Å². The molecule has 0 spiro atoms. The Morgan fingerprint density at radius 3 is 2.65 bits per heavy atom. The Hall–Kier alpha value is -1.56. The van der Waals surface area contributed by atoms with E-state index < -0.39 is 5.97 Å². The van der Waals surface area contributed by atoms with Gasteiger partial charge in [0.1, 0.15) is 0 Å². The summed E-state index contributed by atoms with van der Waals surface area (Å²) in [5, 5.41) is 0.182. The molecule has 0 unspecified atom stereocenters. The van der Waals surface area contributed by atoms with Gasteiger partial charge < -0.3 is 15.4 Å². The molecule has 6 nitrogen and oxygen atoms in total. The monoisotopic (exact) mass is 256 g/mol. The molecule has 1 saturated heterocycles.